The van der Waals surface area contributed by atoms with E-state index in [-0.39, 0.29) is 5.41 Å². The van der Waals surface area contributed by atoms with E-state index in [4.69, 9.17) is 0 Å². The van der Waals surface area contributed by atoms with Crippen molar-refractivity contribution in [2.24, 2.45) is 5.41 Å². The zero-order valence-electron chi connectivity index (χ0n) is 11.4. The van der Waals surface area contributed by atoms with E-state index in [1.807, 2.05) is 12.5 Å². The van der Waals surface area contributed by atoms with Crippen LogP contribution in [0.25, 0.3) is 0 Å². The maximum Gasteiger partial charge on any atom is 0.0954 e. The maximum absolute atomic E-state index is 4.34. The van der Waals surface area contributed by atoms with Crippen molar-refractivity contribution >= 4 is 0 Å². The summed E-state index contributed by atoms with van der Waals surface area (Å²) in [4.78, 5) is 4.34. The molecule has 1 heterocycles. The third-order valence-corrected chi connectivity index (χ3v) is 4.12. The number of benzene rings is 1. The molecule has 0 spiro atoms. The molecule has 2 nitrogen and oxygen atoms in total. The molecular weight excluding hydrogens is 220 g/mol. The average molecular weight is 240 g/mol. The number of hydrogen-bond donors (Lipinski definition) is 0. The second-order valence-corrected chi connectivity index (χ2v) is 5.91. The molecular formula is C16H20N2. The summed E-state index contributed by atoms with van der Waals surface area (Å²) < 4.78 is 2.37. The number of nitrogens with zero attached hydrogens (tertiary/aromatic N) is 2. The van der Waals surface area contributed by atoms with Gasteiger partial charge < -0.3 is 4.57 Å². The van der Waals surface area contributed by atoms with Gasteiger partial charge in [-0.2, -0.15) is 0 Å². The van der Waals surface area contributed by atoms with Crippen molar-refractivity contribution in [3.63, 3.8) is 0 Å². The number of hydrogen-bond acceptors (Lipinski definition) is 1. The predicted octanol–water partition coefficient (Wildman–Crippen LogP) is 3.62. The molecule has 1 aliphatic rings. The molecule has 18 heavy (non-hydrogen) atoms. The predicted molar refractivity (Wildman–Crippen MR) is 73.7 cm³/mol. The summed E-state index contributed by atoms with van der Waals surface area (Å²) in [5.74, 6) is 0. The van der Waals surface area contributed by atoms with Gasteiger partial charge in [0.2, 0.25) is 0 Å². The summed E-state index contributed by atoms with van der Waals surface area (Å²) in [5, 5.41) is 0. The molecule has 0 saturated carbocycles. The second kappa shape index (κ2) is 3.98. The largest absolute Gasteiger partial charge is 0.327 e. The van der Waals surface area contributed by atoms with Crippen LogP contribution >= 0.6 is 0 Å². The number of aryl methyl sites for hydroxylation is 1. The van der Waals surface area contributed by atoms with Gasteiger partial charge in [-0.25, -0.2) is 4.98 Å². The van der Waals surface area contributed by atoms with Crippen molar-refractivity contribution < 1.29 is 0 Å². The molecule has 0 saturated heterocycles. The monoisotopic (exact) mass is 240 g/mol. The van der Waals surface area contributed by atoms with Crippen LogP contribution < -0.4 is 0 Å². The van der Waals surface area contributed by atoms with Gasteiger partial charge in [0, 0.05) is 11.9 Å². The summed E-state index contributed by atoms with van der Waals surface area (Å²) in [6.07, 6.45) is 6.17. The summed E-state index contributed by atoms with van der Waals surface area (Å²) in [7, 11) is 0. The van der Waals surface area contributed by atoms with Crippen LogP contribution in [-0.4, -0.2) is 9.55 Å². The van der Waals surface area contributed by atoms with Gasteiger partial charge >= 0.3 is 0 Å². The first-order chi connectivity index (χ1) is 8.63. The van der Waals surface area contributed by atoms with E-state index in [2.05, 4.69) is 54.6 Å². The number of rotatable bonds is 2. The average Bonchev–Trinajstić information content (AvgIpc) is 2.87. The van der Waals surface area contributed by atoms with Crippen LogP contribution in [0.3, 0.4) is 0 Å². The zero-order valence-corrected chi connectivity index (χ0v) is 11.4. The lowest BCUT2D eigenvalue weighted by Crippen LogP contribution is -2.25. The Morgan fingerprint density at radius 3 is 2.89 bits per heavy atom. The van der Waals surface area contributed by atoms with E-state index in [0.717, 1.165) is 12.8 Å². The van der Waals surface area contributed by atoms with Gasteiger partial charge in [0.05, 0.1) is 12.4 Å². The van der Waals surface area contributed by atoms with Crippen LogP contribution in [0, 0.1) is 5.41 Å². The first-order valence-corrected chi connectivity index (χ1v) is 6.72. The molecule has 2 aromatic rings. The van der Waals surface area contributed by atoms with E-state index >= 15 is 0 Å². The summed E-state index contributed by atoms with van der Waals surface area (Å²) in [6, 6.07) is 9.25. The van der Waals surface area contributed by atoms with Crippen LogP contribution in [0.4, 0.5) is 0 Å². The van der Waals surface area contributed by atoms with Gasteiger partial charge in [0.15, 0.2) is 0 Å². The van der Waals surface area contributed by atoms with Gasteiger partial charge in [-0.3, -0.25) is 0 Å². The number of imidazole rings is 1. The molecule has 1 aromatic carbocycles. The Kier molecular flexibility index (Phi) is 2.54. The second-order valence-electron chi connectivity index (χ2n) is 5.91. The highest BCUT2D eigenvalue weighted by atomic mass is 15.1. The quantitative estimate of drug-likeness (QED) is 0.784. The molecule has 0 fully saturated rings. The molecule has 1 aromatic heterocycles. The van der Waals surface area contributed by atoms with Gasteiger partial charge in [-0.1, -0.05) is 45.0 Å². The smallest absolute Gasteiger partial charge is 0.0954 e. The Hall–Kier alpha value is -1.57. The van der Waals surface area contributed by atoms with E-state index in [1.54, 1.807) is 0 Å². The Labute approximate surface area is 109 Å². The minimum atomic E-state index is 0.258. The lowest BCUT2D eigenvalue weighted by atomic mass is 9.85. The summed E-state index contributed by atoms with van der Waals surface area (Å²) in [5.41, 5.74) is 4.54. The third kappa shape index (κ3) is 1.59. The van der Waals surface area contributed by atoms with Crippen LogP contribution in [0.5, 0.6) is 0 Å². The Morgan fingerprint density at radius 2 is 2.11 bits per heavy atom. The van der Waals surface area contributed by atoms with Crippen LogP contribution in [-0.2, 0) is 12.8 Å². The molecule has 0 amide bonds. The molecule has 2 heteroatoms. The molecule has 0 radical (unpaired) electrons. The summed E-state index contributed by atoms with van der Waals surface area (Å²) in [6.45, 7) is 6.91. The third-order valence-electron chi connectivity index (χ3n) is 4.12. The fourth-order valence-corrected chi connectivity index (χ4v) is 3.34. The molecule has 0 aliphatic heterocycles. The fraction of sp³-hybridized carbons (Fsp3) is 0.438. The van der Waals surface area contributed by atoms with Crippen molar-refractivity contribution in [2.75, 3.05) is 0 Å². The van der Waals surface area contributed by atoms with Gasteiger partial charge in [0.1, 0.15) is 0 Å². The number of aromatic nitrogens is 2. The van der Waals surface area contributed by atoms with E-state index in [0.29, 0.717) is 6.04 Å². The fourth-order valence-electron chi connectivity index (χ4n) is 3.34. The van der Waals surface area contributed by atoms with Crippen molar-refractivity contribution in [3.05, 3.63) is 53.6 Å². The van der Waals surface area contributed by atoms with Crippen molar-refractivity contribution in [1.82, 2.24) is 9.55 Å². The minimum Gasteiger partial charge on any atom is -0.327 e. The first-order valence-electron chi connectivity index (χ1n) is 6.72. The molecule has 1 unspecified atom stereocenters. The topological polar surface area (TPSA) is 17.8 Å². The van der Waals surface area contributed by atoms with E-state index in [9.17, 15) is 0 Å². The normalized spacial score (nSPS) is 20.9. The maximum atomic E-state index is 4.34. The van der Waals surface area contributed by atoms with Crippen molar-refractivity contribution in [1.29, 1.82) is 0 Å². The lowest BCUT2D eigenvalue weighted by molar-refractivity contribution is 0.275. The Balaban J connectivity index is 2.15. The van der Waals surface area contributed by atoms with Crippen molar-refractivity contribution in [3.8, 4) is 0 Å². The lowest BCUT2D eigenvalue weighted by Gasteiger charge is -2.30. The summed E-state index contributed by atoms with van der Waals surface area (Å²) >= 11 is 0. The molecule has 1 atom stereocenters. The molecule has 0 N–H and O–H groups in total. The van der Waals surface area contributed by atoms with Crippen LogP contribution in [0.2, 0.25) is 0 Å². The molecule has 3 rings (SSSR count). The Morgan fingerprint density at radius 1 is 1.33 bits per heavy atom. The van der Waals surface area contributed by atoms with Gasteiger partial charge in [-0.05, 0) is 29.4 Å². The minimum absolute atomic E-state index is 0.258. The molecule has 0 bridgehead atoms. The SMILES string of the molecule is CCc1cncn1C1c2ccccc2CC1(C)C. The zero-order chi connectivity index (χ0) is 12.8. The molecule has 94 valence electrons. The van der Waals surface area contributed by atoms with Crippen LogP contribution in [0.1, 0.15) is 43.6 Å². The highest BCUT2D eigenvalue weighted by Crippen LogP contribution is 2.47. The highest BCUT2D eigenvalue weighted by molar-refractivity contribution is 5.38. The molecule has 1 aliphatic carbocycles. The van der Waals surface area contributed by atoms with E-state index < -0.39 is 0 Å². The van der Waals surface area contributed by atoms with E-state index in [1.165, 1.54) is 16.8 Å². The standard InChI is InChI=1S/C16H20N2/c1-4-13-10-17-11-18(13)15-14-8-6-5-7-12(14)9-16(15,2)3/h5-8,10-11,15H,4,9H2,1-3H3. The van der Waals surface area contributed by atoms with Crippen molar-refractivity contribution in [2.45, 2.75) is 39.7 Å². The highest BCUT2D eigenvalue weighted by Gasteiger charge is 2.40. The van der Waals surface area contributed by atoms with Gasteiger partial charge in [-0.15, -0.1) is 0 Å². The first kappa shape index (κ1) is 11.5. The van der Waals surface area contributed by atoms with Crippen LogP contribution in [0.15, 0.2) is 36.8 Å². The van der Waals surface area contributed by atoms with Gasteiger partial charge in [0.25, 0.3) is 0 Å². The Bertz CT molecular complexity index is 566. The number of fused-ring (bicyclic) bond motifs is 1.